The summed E-state index contributed by atoms with van der Waals surface area (Å²) in [6.07, 6.45) is -2.78. The molecule has 1 aliphatic rings. The zero-order chi connectivity index (χ0) is 20.2. The molecule has 1 aliphatic carbocycles. The molecule has 11 heteroatoms. The number of fused-ring (bicyclic) bond motifs is 1. The number of hydrogen-bond donors (Lipinski definition) is 4. The fraction of sp³-hybridized carbons (Fsp3) is 0.235. The second-order valence-electron chi connectivity index (χ2n) is 6.43. The fourth-order valence-corrected chi connectivity index (χ4v) is 3.75. The molecule has 1 saturated carbocycles. The van der Waals surface area contributed by atoms with Crippen molar-refractivity contribution in [2.75, 3.05) is 11.1 Å². The summed E-state index contributed by atoms with van der Waals surface area (Å²) >= 11 is 0.981. The third-order valence-electron chi connectivity index (χ3n) is 4.30. The molecule has 0 saturated heterocycles. The monoisotopic (exact) mass is 409 g/mol. The van der Waals surface area contributed by atoms with Gasteiger partial charge in [0.1, 0.15) is 15.5 Å². The molecule has 7 nitrogen and oxygen atoms in total. The number of aromatic hydroxyl groups is 1. The highest BCUT2D eigenvalue weighted by Gasteiger charge is 2.34. The van der Waals surface area contributed by atoms with Crippen LogP contribution in [0.5, 0.6) is 5.75 Å². The van der Waals surface area contributed by atoms with Gasteiger partial charge < -0.3 is 21.9 Å². The van der Waals surface area contributed by atoms with Crippen LogP contribution in [-0.2, 0) is 6.18 Å². The van der Waals surface area contributed by atoms with Gasteiger partial charge in [-0.2, -0.15) is 13.2 Å². The van der Waals surface area contributed by atoms with Crippen molar-refractivity contribution in [2.45, 2.75) is 25.1 Å². The predicted octanol–water partition coefficient (Wildman–Crippen LogP) is 3.34. The summed E-state index contributed by atoms with van der Waals surface area (Å²) in [6.45, 7) is 0. The van der Waals surface area contributed by atoms with Crippen LogP contribution in [0.15, 0.2) is 18.2 Å². The number of hydrogen-bond acceptors (Lipinski definition) is 7. The largest absolute Gasteiger partial charge is 0.507 e. The number of rotatable bonds is 4. The average molecular weight is 409 g/mol. The number of carbonyl (C=O) groups is 1. The summed E-state index contributed by atoms with van der Waals surface area (Å²) in [5.41, 5.74) is 10.7. The number of aromatic nitrogens is 2. The van der Waals surface area contributed by atoms with Gasteiger partial charge in [0.15, 0.2) is 0 Å². The predicted molar refractivity (Wildman–Crippen MR) is 99.1 cm³/mol. The Morgan fingerprint density at radius 2 is 2.00 bits per heavy atom. The number of thiophene rings is 1. The third kappa shape index (κ3) is 3.17. The van der Waals surface area contributed by atoms with Gasteiger partial charge in [0.2, 0.25) is 5.95 Å². The molecule has 3 aromatic rings. The van der Waals surface area contributed by atoms with Crippen LogP contribution in [0.25, 0.3) is 21.5 Å². The molecule has 0 aliphatic heterocycles. The topological polar surface area (TPSA) is 127 Å². The van der Waals surface area contributed by atoms with Crippen LogP contribution in [0, 0.1) is 0 Å². The standard InChI is InChI=1S/C17H14F3N5O2S/c18-17(19,20)8-4-1-6(5-9(8)26)12-10-11(21)13(14(22)27)28-15(10)25-16(24-12)23-7-2-3-7/h1,4-5,7,26H,2-3,21H2,(H2,22,27)(H,23,24,25). The lowest BCUT2D eigenvalue weighted by Gasteiger charge is -2.12. The van der Waals surface area contributed by atoms with E-state index in [9.17, 15) is 23.1 Å². The summed E-state index contributed by atoms with van der Waals surface area (Å²) in [7, 11) is 0. The Morgan fingerprint density at radius 1 is 1.29 bits per heavy atom. The van der Waals surface area contributed by atoms with Gasteiger partial charge >= 0.3 is 6.18 Å². The number of benzene rings is 1. The van der Waals surface area contributed by atoms with Gasteiger partial charge in [0.25, 0.3) is 5.91 Å². The maximum absolute atomic E-state index is 12.9. The molecule has 28 heavy (non-hydrogen) atoms. The molecule has 1 aromatic carbocycles. The van der Waals surface area contributed by atoms with Crippen molar-refractivity contribution >= 4 is 39.1 Å². The van der Waals surface area contributed by atoms with Crippen LogP contribution < -0.4 is 16.8 Å². The minimum atomic E-state index is -4.69. The van der Waals surface area contributed by atoms with E-state index < -0.39 is 23.4 Å². The SMILES string of the molecule is NC(=O)c1sc2nc(NC3CC3)nc(-c3ccc(C(F)(F)F)c(O)c3)c2c1N. The quantitative estimate of drug-likeness (QED) is 0.523. The highest BCUT2D eigenvalue weighted by Crippen LogP contribution is 2.42. The maximum Gasteiger partial charge on any atom is 0.419 e. The van der Waals surface area contributed by atoms with Crippen molar-refractivity contribution in [2.24, 2.45) is 5.73 Å². The van der Waals surface area contributed by atoms with Gasteiger partial charge in [0.05, 0.1) is 22.3 Å². The van der Waals surface area contributed by atoms with Gasteiger partial charge in [-0.15, -0.1) is 11.3 Å². The highest BCUT2D eigenvalue weighted by molar-refractivity contribution is 7.21. The Kier molecular flexibility index (Phi) is 4.07. The number of nitrogen functional groups attached to an aromatic ring is 1. The number of carbonyl (C=O) groups excluding carboxylic acids is 1. The van der Waals surface area contributed by atoms with Crippen molar-refractivity contribution in [3.63, 3.8) is 0 Å². The van der Waals surface area contributed by atoms with Crippen LogP contribution in [-0.4, -0.2) is 27.0 Å². The number of nitrogens with zero attached hydrogens (tertiary/aromatic N) is 2. The maximum atomic E-state index is 12.9. The lowest BCUT2D eigenvalue weighted by molar-refractivity contribution is -0.138. The van der Waals surface area contributed by atoms with Gasteiger partial charge in [-0.1, -0.05) is 6.07 Å². The molecule has 1 amide bonds. The van der Waals surface area contributed by atoms with Gasteiger partial charge in [-0.05, 0) is 25.0 Å². The van der Waals surface area contributed by atoms with E-state index in [1.165, 1.54) is 6.07 Å². The summed E-state index contributed by atoms with van der Waals surface area (Å²) in [5.74, 6) is -1.41. The van der Waals surface area contributed by atoms with Gasteiger partial charge in [-0.25, -0.2) is 9.97 Å². The lowest BCUT2D eigenvalue weighted by Crippen LogP contribution is -2.10. The number of phenols is 1. The highest BCUT2D eigenvalue weighted by atomic mass is 32.1. The number of nitrogens with two attached hydrogens (primary N) is 2. The van der Waals surface area contributed by atoms with Gasteiger partial charge in [-0.3, -0.25) is 4.79 Å². The number of halogens is 3. The number of amides is 1. The van der Waals surface area contributed by atoms with Crippen molar-refractivity contribution in [1.82, 2.24) is 9.97 Å². The number of alkyl halides is 3. The lowest BCUT2D eigenvalue weighted by atomic mass is 10.0. The van der Waals surface area contributed by atoms with E-state index in [1.807, 2.05) is 0 Å². The van der Waals surface area contributed by atoms with E-state index in [2.05, 4.69) is 15.3 Å². The summed E-state index contributed by atoms with van der Waals surface area (Å²) in [5, 5.41) is 13.3. The molecule has 0 radical (unpaired) electrons. The first-order valence-corrected chi connectivity index (χ1v) is 9.03. The molecule has 146 valence electrons. The Labute approximate surface area is 160 Å². The second kappa shape index (κ2) is 6.23. The van der Waals surface area contributed by atoms with Gasteiger partial charge in [0, 0.05) is 11.6 Å². The number of phenolic OH excluding ortho intramolecular Hbond substituents is 1. The van der Waals surface area contributed by atoms with E-state index in [0.717, 1.165) is 36.3 Å². The molecule has 0 unspecified atom stereocenters. The average Bonchev–Trinajstić information content (AvgIpc) is 3.34. The molecule has 2 aromatic heterocycles. The molecule has 0 spiro atoms. The van der Waals surface area contributed by atoms with Crippen LogP contribution in [0.3, 0.4) is 0 Å². The minimum absolute atomic E-state index is 0.0554. The Morgan fingerprint density at radius 3 is 2.57 bits per heavy atom. The zero-order valence-electron chi connectivity index (χ0n) is 14.2. The van der Waals surface area contributed by atoms with E-state index in [0.29, 0.717) is 10.2 Å². The molecule has 0 atom stereocenters. The molecule has 2 heterocycles. The molecular weight excluding hydrogens is 395 g/mol. The number of nitrogens with one attached hydrogen (secondary N) is 1. The first-order chi connectivity index (χ1) is 13.1. The van der Waals surface area contributed by atoms with E-state index >= 15 is 0 Å². The smallest absolute Gasteiger partial charge is 0.419 e. The fourth-order valence-electron chi connectivity index (χ4n) is 2.81. The molecule has 4 rings (SSSR count). The first-order valence-electron chi connectivity index (χ1n) is 8.22. The van der Waals surface area contributed by atoms with Crippen molar-refractivity contribution in [3.05, 3.63) is 28.6 Å². The number of anilines is 2. The second-order valence-corrected chi connectivity index (χ2v) is 7.43. The van der Waals surface area contributed by atoms with E-state index in [-0.39, 0.29) is 33.8 Å². The zero-order valence-corrected chi connectivity index (χ0v) is 15.0. The summed E-state index contributed by atoms with van der Waals surface area (Å²) in [6, 6.07) is 3.14. The summed E-state index contributed by atoms with van der Waals surface area (Å²) < 4.78 is 38.8. The van der Waals surface area contributed by atoms with Crippen LogP contribution in [0.2, 0.25) is 0 Å². The van der Waals surface area contributed by atoms with E-state index in [1.54, 1.807) is 0 Å². The van der Waals surface area contributed by atoms with Crippen molar-refractivity contribution < 1.29 is 23.1 Å². The number of primary amides is 1. The molecule has 0 bridgehead atoms. The van der Waals surface area contributed by atoms with Crippen LogP contribution in [0.4, 0.5) is 24.8 Å². The molecule has 6 N–H and O–H groups in total. The normalized spacial score (nSPS) is 14.4. The Hall–Kier alpha value is -3.08. The minimum Gasteiger partial charge on any atom is -0.507 e. The molecule has 1 fully saturated rings. The summed E-state index contributed by atoms with van der Waals surface area (Å²) in [4.78, 5) is 20.8. The van der Waals surface area contributed by atoms with Crippen LogP contribution in [0.1, 0.15) is 28.1 Å². The third-order valence-corrected chi connectivity index (χ3v) is 5.41. The van der Waals surface area contributed by atoms with Crippen LogP contribution >= 0.6 is 11.3 Å². The Bertz CT molecular complexity index is 1110. The van der Waals surface area contributed by atoms with Crippen molar-refractivity contribution in [1.29, 1.82) is 0 Å². The Balaban J connectivity index is 1.93. The first kappa shape index (κ1) is 18.3. The molecular formula is C17H14F3N5O2S. The van der Waals surface area contributed by atoms with Crippen molar-refractivity contribution in [3.8, 4) is 17.0 Å². The van der Waals surface area contributed by atoms with E-state index in [4.69, 9.17) is 11.5 Å².